The van der Waals surface area contributed by atoms with Gasteiger partial charge in [0.2, 0.25) is 0 Å². The van der Waals surface area contributed by atoms with Crippen LogP contribution in [0.15, 0.2) is 0 Å². The SMILES string of the molecule is CCCCC(C)NCC(C)(C)CO. The van der Waals surface area contributed by atoms with Crippen molar-refractivity contribution in [3.63, 3.8) is 0 Å². The van der Waals surface area contributed by atoms with Gasteiger partial charge in [-0.15, -0.1) is 0 Å². The number of nitrogens with one attached hydrogen (secondary N) is 1. The van der Waals surface area contributed by atoms with Gasteiger partial charge >= 0.3 is 0 Å². The molecule has 0 aliphatic rings. The van der Waals surface area contributed by atoms with E-state index in [1.807, 2.05) is 0 Å². The molecule has 0 heterocycles. The van der Waals surface area contributed by atoms with Gasteiger partial charge in [-0.3, -0.25) is 0 Å². The standard InChI is InChI=1S/C11H25NO/c1-5-6-7-10(2)12-8-11(3,4)9-13/h10,12-13H,5-9H2,1-4H3. The van der Waals surface area contributed by atoms with Crippen LogP contribution in [0.4, 0.5) is 0 Å². The molecule has 0 aliphatic carbocycles. The quantitative estimate of drug-likeness (QED) is 0.640. The van der Waals surface area contributed by atoms with E-state index in [0.29, 0.717) is 6.04 Å². The minimum Gasteiger partial charge on any atom is -0.396 e. The Kier molecular flexibility index (Phi) is 6.35. The fourth-order valence-corrected chi connectivity index (χ4v) is 1.12. The molecule has 0 aliphatic heterocycles. The summed E-state index contributed by atoms with van der Waals surface area (Å²) in [6.45, 7) is 9.72. The van der Waals surface area contributed by atoms with Crippen LogP contribution in [0, 0.1) is 5.41 Å². The van der Waals surface area contributed by atoms with Gasteiger partial charge in [-0.1, -0.05) is 33.6 Å². The highest BCUT2D eigenvalue weighted by Gasteiger charge is 2.16. The Balaban J connectivity index is 3.51. The summed E-state index contributed by atoms with van der Waals surface area (Å²) >= 11 is 0. The van der Waals surface area contributed by atoms with Crippen LogP contribution in [0.25, 0.3) is 0 Å². The molecule has 1 unspecified atom stereocenters. The van der Waals surface area contributed by atoms with Crippen molar-refractivity contribution in [2.24, 2.45) is 5.41 Å². The summed E-state index contributed by atoms with van der Waals surface area (Å²) < 4.78 is 0. The molecular weight excluding hydrogens is 162 g/mol. The normalized spacial score (nSPS) is 14.5. The number of aliphatic hydroxyl groups is 1. The minimum atomic E-state index is 0.0144. The Morgan fingerprint density at radius 3 is 2.46 bits per heavy atom. The van der Waals surface area contributed by atoms with Crippen LogP contribution >= 0.6 is 0 Å². The van der Waals surface area contributed by atoms with E-state index in [9.17, 15) is 0 Å². The van der Waals surface area contributed by atoms with Crippen molar-refractivity contribution in [2.75, 3.05) is 13.2 Å². The molecule has 0 aromatic rings. The van der Waals surface area contributed by atoms with Crippen molar-refractivity contribution in [3.8, 4) is 0 Å². The molecule has 13 heavy (non-hydrogen) atoms. The third kappa shape index (κ3) is 7.03. The maximum absolute atomic E-state index is 9.04. The Morgan fingerprint density at radius 1 is 1.38 bits per heavy atom. The molecule has 0 radical (unpaired) electrons. The topological polar surface area (TPSA) is 32.3 Å². The third-order valence-electron chi connectivity index (χ3n) is 2.35. The first-order valence-corrected chi connectivity index (χ1v) is 5.36. The Morgan fingerprint density at radius 2 is 2.00 bits per heavy atom. The summed E-state index contributed by atoms with van der Waals surface area (Å²) in [5.74, 6) is 0. The predicted octanol–water partition coefficient (Wildman–Crippen LogP) is 2.17. The highest BCUT2D eigenvalue weighted by atomic mass is 16.3. The number of hydrogen-bond acceptors (Lipinski definition) is 2. The average molecular weight is 187 g/mol. The molecule has 2 nitrogen and oxygen atoms in total. The van der Waals surface area contributed by atoms with E-state index < -0.39 is 0 Å². The van der Waals surface area contributed by atoms with E-state index in [0.717, 1.165) is 6.54 Å². The van der Waals surface area contributed by atoms with Crippen molar-refractivity contribution < 1.29 is 5.11 Å². The predicted molar refractivity (Wildman–Crippen MR) is 57.9 cm³/mol. The van der Waals surface area contributed by atoms with Gasteiger partial charge in [0.15, 0.2) is 0 Å². The van der Waals surface area contributed by atoms with Crippen LogP contribution in [0.5, 0.6) is 0 Å². The Labute approximate surface area is 82.7 Å². The smallest absolute Gasteiger partial charge is 0.0494 e. The molecule has 0 saturated heterocycles. The molecule has 0 fully saturated rings. The second-order valence-corrected chi connectivity index (χ2v) is 4.75. The third-order valence-corrected chi connectivity index (χ3v) is 2.35. The fraction of sp³-hybridized carbons (Fsp3) is 1.00. The lowest BCUT2D eigenvalue weighted by atomic mass is 9.94. The summed E-state index contributed by atoms with van der Waals surface area (Å²) in [5.41, 5.74) is 0.0144. The van der Waals surface area contributed by atoms with Gasteiger partial charge in [-0.2, -0.15) is 0 Å². The molecule has 0 spiro atoms. The van der Waals surface area contributed by atoms with Crippen molar-refractivity contribution in [1.82, 2.24) is 5.32 Å². The summed E-state index contributed by atoms with van der Waals surface area (Å²) in [5, 5.41) is 12.5. The summed E-state index contributed by atoms with van der Waals surface area (Å²) in [4.78, 5) is 0. The second kappa shape index (κ2) is 6.39. The van der Waals surface area contributed by atoms with E-state index in [2.05, 4.69) is 33.0 Å². The zero-order chi connectivity index (χ0) is 10.3. The maximum Gasteiger partial charge on any atom is 0.0494 e. The van der Waals surface area contributed by atoms with Gasteiger partial charge in [0.1, 0.15) is 0 Å². The van der Waals surface area contributed by atoms with Crippen LogP contribution in [0.2, 0.25) is 0 Å². The van der Waals surface area contributed by atoms with E-state index in [4.69, 9.17) is 5.11 Å². The average Bonchev–Trinajstić information content (AvgIpc) is 2.11. The Hall–Kier alpha value is -0.0800. The minimum absolute atomic E-state index is 0.0144. The molecule has 0 aromatic carbocycles. The van der Waals surface area contributed by atoms with Crippen molar-refractivity contribution in [1.29, 1.82) is 0 Å². The van der Waals surface area contributed by atoms with Gasteiger partial charge < -0.3 is 10.4 Å². The number of hydrogen-bond donors (Lipinski definition) is 2. The molecular formula is C11H25NO. The number of rotatable bonds is 7. The molecule has 2 N–H and O–H groups in total. The molecule has 1 atom stereocenters. The highest BCUT2D eigenvalue weighted by Crippen LogP contribution is 2.12. The molecule has 80 valence electrons. The first-order chi connectivity index (χ1) is 6.02. The first-order valence-electron chi connectivity index (χ1n) is 5.36. The van der Waals surface area contributed by atoms with Gasteiger partial charge in [-0.05, 0) is 13.3 Å². The molecule has 2 heteroatoms. The zero-order valence-corrected chi connectivity index (χ0v) is 9.56. The summed E-state index contributed by atoms with van der Waals surface area (Å²) in [6, 6.07) is 0.575. The largest absolute Gasteiger partial charge is 0.396 e. The van der Waals surface area contributed by atoms with Crippen LogP contribution in [0.3, 0.4) is 0 Å². The lowest BCUT2D eigenvalue weighted by Gasteiger charge is -2.24. The first kappa shape index (κ1) is 12.9. The molecule has 0 rings (SSSR count). The maximum atomic E-state index is 9.04. The summed E-state index contributed by atoms with van der Waals surface area (Å²) in [6.07, 6.45) is 3.78. The number of aliphatic hydroxyl groups excluding tert-OH is 1. The van der Waals surface area contributed by atoms with E-state index in [1.54, 1.807) is 0 Å². The van der Waals surface area contributed by atoms with Gasteiger partial charge in [-0.25, -0.2) is 0 Å². The van der Waals surface area contributed by atoms with Crippen LogP contribution in [-0.4, -0.2) is 24.3 Å². The van der Waals surface area contributed by atoms with Crippen LogP contribution in [0.1, 0.15) is 47.0 Å². The number of unbranched alkanes of at least 4 members (excludes halogenated alkanes) is 1. The van der Waals surface area contributed by atoms with Crippen molar-refractivity contribution in [2.45, 2.75) is 53.0 Å². The molecule has 0 amide bonds. The zero-order valence-electron chi connectivity index (χ0n) is 9.56. The molecule has 0 aromatic heterocycles. The van der Waals surface area contributed by atoms with Gasteiger partial charge in [0.05, 0.1) is 0 Å². The van der Waals surface area contributed by atoms with Crippen molar-refractivity contribution in [3.05, 3.63) is 0 Å². The van der Waals surface area contributed by atoms with Crippen molar-refractivity contribution >= 4 is 0 Å². The Bertz CT molecular complexity index is 123. The highest BCUT2D eigenvalue weighted by molar-refractivity contribution is 4.72. The van der Waals surface area contributed by atoms with E-state index >= 15 is 0 Å². The summed E-state index contributed by atoms with van der Waals surface area (Å²) in [7, 11) is 0. The molecule has 0 bridgehead atoms. The molecule has 0 saturated carbocycles. The van der Waals surface area contributed by atoms with E-state index in [-0.39, 0.29) is 12.0 Å². The second-order valence-electron chi connectivity index (χ2n) is 4.75. The van der Waals surface area contributed by atoms with Crippen LogP contribution in [-0.2, 0) is 0 Å². The lowest BCUT2D eigenvalue weighted by Crippen LogP contribution is -2.37. The van der Waals surface area contributed by atoms with Gasteiger partial charge in [0.25, 0.3) is 0 Å². The van der Waals surface area contributed by atoms with E-state index in [1.165, 1.54) is 19.3 Å². The lowest BCUT2D eigenvalue weighted by molar-refractivity contribution is 0.153. The monoisotopic (exact) mass is 187 g/mol. The van der Waals surface area contributed by atoms with Crippen LogP contribution < -0.4 is 5.32 Å². The van der Waals surface area contributed by atoms with Gasteiger partial charge in [0, 0.05) is 24.6 Å². The fourth-order valence-electron chi connectivity index (χ4n) is 1.12.